The van der Waals surface area contributed by atoms with Crippen LogP contribution in [0.5, 0.6) is 0 Å². The Kier molecular flexibility index (Phi) is 5.94. The maximum Gasteiger partial charge on any atom is 0.307 e. The summed E-state index contributed by atoms with van der Waals surface area (Å²) in [5.74, 6) is -2.51. The fraction of sp³-hybridized carbons (Fsp3) is 0.476. The minimum absolute atomic E-state index is 0.0171. The highest BCUT2D eigenvalue weighted by Crippen LogP contribution is 2.27. The molecule has 1 fully saturated rings. The Bertz CT molecular complexity index is 741. The topological polar surface area (TPSA) is 86.7 Å². The first-order chi connectivity index (χ1) is 13.0. The lowest BCUT2D eigenvalue weighted by Crippen LogP contribution is -2.42. The van der Waals surface area contributed by atoms with Crippen LogP contribution in [-0.2, 0) is 9.59 Å². The van der Waals surface area contributed by atoms with E-state index in [-0.39, 0.29) is 17.9 Å². The monoisotopic (exact) mass is 370 g/mol. The predicted octanol–water partition coefficient (Wildman–Crippen LogP) is 3.31. The summed E-state index contributed by atoms with van der Waals surface area (Å²) >= 11 is 0. The van der Waals surface area contributed by atoms with Crippen molar-refractivity contribution in [2.45, 2.75) is 45.1 Å². The molecule has 0 aromatic heterocycles. The van der Waals surface area contributed by atoms with E-state index in [9.17, 15) is 19.5 Å². The summed E-state index contributed by atoms with van der Waals surface area (Å²) < 4.78 is 0. The molecule has 0 spiro atoms. The van der Waals surface area contributed by atoms with Gasteiger partial charge in [0, 0.05) is 23.8 Å². The normalized spacial score (nSPS) is 25.1. The van der Waals surface area contributed by atoms with E-state index in [0.717, 1.165) is 25.8 Å². The maximum atomic E-state index is 12.7. The van der Waals surface area contributed by atoms with Crippen molar-refractivity contribution in [2.75, 3.05) is 11.9 Å². The van der Waals surface area contributed by atoms with Gasteiger partial charge in [0.25, 0.3) is 5.91 Å². The SMILES string of the molecule is C[C@@H]1CCCCN1C(=O)c1ccc(NC(=O)[C@@H]2CC=CC[C@@H]2C(=O)O)cc1. The zero-order valence-corrected chi connectivity index (χ0v) is 15.6. The van der Waals surface area contributed by atoms with Gasteiger partial charge < -0.3 is 15.3 Å². The van der Waals surface area contributed by atoms with Crippen molar-refractivity contribution < 1.29 is 19.5 Å². The first-order valence-electron chi connectivity index (χ1n) is 9.57. The van der Waals surface area contributed by atoms with Crippen LogP contribution in [0, 0.1) is 11.8 Å². The van der Waals surface area contributed by atoms with Crippen molar-refractivity contribution in [2.24, 2.45) is 11.8 Å². The Morgan fingerprint density at radius 1 is 1.04 bits per heavy atom. The summed E-state index contributed by atoms with van der Waals surface area (Å²) in [6, 6.07) is 7.09. The smallest absolute Gasteiger partial charge is 0.307 e. The summed E-state index contributed by atoms with van der Waals surface area (Å²) in [6.07, 6.45) is 7.67. The molecule has 144 valence electrons. The van der Waals surface area contributed by atoms with Crippen molar-refractivity contribution in [3.8, 4) is 0 Å². The number of aliphatic carboxylic acids is 1. The molecule has 1 saturated heterocycles. The van der Waals surface area contributed by atoms with Crippen LogP contribution in [0.25, 0.3) is 0 Å². The lowest BCUT2D eigenvalue weighted by Gasteiger charge is -2.33. The number of carboxylic acids is 1. The highest BCUT2D eigenvalue weighted by molar-refractivity contribution is 5.97. The minimum atomic E-state index is -0.948. The van der Waals surface area contributed by atoms with Crippen molar-refractivity contribution in [1.29, 1.82) is 0 Å². The molecule has 1 aliphatic heterocycles. The van der Waals surface area contributed by atoms with Crippen LogP contribution in [0.3, 0.4) is 0 Å². The summed E-state index contributed by atoms with van der Waals surface area (Å²) in [4.78, 5) is 38.5. The van der Waals surface area contributed by atoms with Gasteiger partial charge in [0.2, 0.25) is 5.91 Å². The number of carbonyl (C=O) groups is 3. The second-order valence-corrected chi connectivity index (χ2v) is 7.40. The van der Waals surface area contributed by atoms with Crippen LogP contribution < -0.4 is 5.32 Å². The molecule has 6 heteroatoms. The number of benzene rings is 1. The number of carbonyl (C=O) groups excluding carboxylic acids is 2. The van der Waals surface area contributed by atoms with Gasteiger partial charge in [-0.1, -0.05) is 12.2 Å². The molecule has 1 aliphatic carbocycles. The van der Waals surface area contributed by atoms with Gasteiger partial charge >= 0.3 is 5.97 Å². The third-order valence-electron chi connectivity index (χ3n) is 5.55. The molecule has 2 aliphatic rings. The number of amides is 2. The van der Waals surface area contributed by atoms with Gasteiger partial charge in [-0.25, -0.2) is 0 Å². The third-order valence-corrected chi connectivity index (χ3v) is 5.55. The van der Waals surface area contributed by atoms with Crippen LogP contribution in [0.2, 0.25) is 0 Å². The number of allylic oxidation sites excluding steroid dienone is 2. The van der Waals surface area contributed by atoms with E-state index in [1.807, 2.05) is 17.1 Å². The number of hydrogen-bond donors (Lipinski definition) is 2. The Morgan fingerprint density at radius 3 is 2.33 bits per heavy atom. The lowest BCUT2D eigenvalue weighted by atomic mass is 9.82. The molecule has 1 aromatic rings. The number of piperidine rings is 1. The molecule has 0 unspecified atom stereocenters. The van der Waals surface area contributed by atoms with Gasteiger partial charge in [-0.05, 0) is 63.3 Å². The summed E-state index contributed by atoms with van der Waals surface area (Å²) in [7, 11) is 0. The van der Waals surface area contributed by atoms with Gasteiger partial charge in [0.05, 0.1) is 11.8 Å². The molecule has 1 heterocycles. The average Bonchev–Trinajstić information content (AvgIpc) is 2.68. The largest absolute Gasteiger partial charge is 0.481 e. The van der Waals surface area contributed by atoms with Gasteiger partial charge in [0.1, 0.15) is 0 Å². The molecule has 3 rings (SSSR count). The number of likely N-dealkylation sites (tertiary alicyclic amines) is 1. The lowest BCUT2D eigenvalue weighted by molar-refractivity contribution is -0.146. The number of nitrogens with zero attached hydrogens (tertiary/aromatic N) is 1. The van der Waals surface area contributed by atoms with E-state index in [1.54, 1.807) is 24.3 Å². The second kappa shape index (κ2) is 8.37. The van der Waals surface area contributed by atoms with Gasteiger partial charge in [-0.15, -0.1) is 0 Å². The zero-order valence-electron chi connectivity index (χ0n) is 15.6. The molecule has 0 saturated carbocycles. The number of anilines is 1. The molecule has 2 N–H and O–H groups in total. The maximum absolute atomic E-state index is 12.7. The third kappa shape index (κ3) is 4.38. The molecule has 0 radical (unpaired) electrons. The summed E-state index contributed by atoms with van der Waals surface area (Å²) in [5, 5.41) is 12.1. The molecule has 27 heavy (non-hydrogen) atoms. The standard InChI is InChI=1S/C21H26N2O4/c1-14-6-4-5-13-23(14)20(25)15-9-11-16(12-10-15)22-19(24)17-7-2-3-8-18(17)21(26)27/h2-3,9-12,14,17-18H,4-8,13H2,1H3,(H,22,24)(H,26,27)/t14-,17-,18+/m1/s1. The molecular weight excluding hydrogens is 344 g/mol. The van der Waals surface area contributed by atoms with Gasteiger partial charge in [-0.3, -0.25) is 14.4 Å². The first kappa shape index (κ1) is 19.1. The van der Waals surface area contributed by atoms with Crippen LogP contribution in [-0.4, -0.2) is 40.4 Å². The van der Waals surface area contributed by atoms with Crippen molar-refractivity contribution in [3.05, 3.63) is 42.0 Å². The second-order valence-electron chi connectivity index (χ2n) is 7.40. The van der Waals surface area contributed by atoms with Crippen molar-refractivity contribution in [1.82, 2.24) is 4.90 Å². The molecule has 6 nitrogen and oxygen atoms in total. The van der Waals surface area contributed by atoms with E-state index in [2.05, 4.69) is 12.2 Å². The summed E-state index contributed by atoms with van der Waals surface area (Å²) in [6.45, 7) is 2.85. The molecular formula is C21H26N2O4. The van der Waals surface area contributed by atoms with E-state index in [0.29, 0.717) is 24.1 Å². The average molecular weight is 370 g/mol. The van der Waals surface area contributed by atoms with Crippen LogP contribution in [0.15, 0.2) is 36.4 Å². The van der Waals surface area contributed by atoms with Gasteiger partial charge in [0.15, 0.2) is 0 Å². The number of carboxylic acid groups (broad SMARTS) is 1. The first-order valence-corrected chi connectivity index (χ1v) is 9.57. The number of hydrogen-bond acceptors (Lipinski definition) is 3. The summed E-state index contributed by atoms with van der Waals surface area (Å²) in [5.41, 5.74) is 1.17. The van der Waals surface area contributed by atoms with Crippen molar-refractivity contribution >= 4 is 23.5 Å². The molecule has 1 aromatic carbocycles. The quantitative estimate of drug-likeness (QED) is 0.796. The number of rotatable bonds is 4. The van der Waals surface area contributed by atoms with Crippen LogP contribution >= 0.6 is 0 Å². The number of nitrogens with one attached hydrogen (secondary N) is 1. The highest BCUT2D eigenvalue weighted by atomic mass is 16.4. The minimum Gasteiger partial charge on any atom is -0.481 e. The van der Waals surface area contributed by atoms with Crippen LogP contribution in [0.4, 0.5) is 5.69 Å². The van der Waals surface area contributed by atoms with Crippen molar-refractivity contribution in [3.63, 3.8) is 0 Å². The Labute approximate surface area is 159 Å². The molecule has 3 atom stereocenters. The predicted molar refractivity (Wildman–Crippen MR) is 102 cm³/mol. The van der Waals surface area contributed by atoms with E-state index >= 15 is 0 Å². The fourth-order valence-corrected chi connectivity index (χ4v) is 3.87. The Morgan fingerprint density at radius 2 is 1.70 bits per heavy atom. The van der Waals surface area contributed by atoms with Crippen LogP contribution in [0.1, 0.15) is 49.4 Å². The Hall–Kier alpha value is -2.63. The highest BCUT2D eigenvalue weighted by Gasteiger charge is 2.34. The van der Waals surface area contributed by atoms with E-state index < -0.39 is 17.8 Å². The fourth-order valence-electron chi connectivity index (χ4n) is 3.87. The van der Waals surface area contributed by atoms with Gasteiger partial charge in [-0.2, -0.15) is 0 Å². The van der Waals surface area contributed by atoms with E-state index in [1.165, 1.54) is 0 Å². The Balaban J connectivity index is 1.65. The molecule has 0 bridgehead atoms. The molecule has 2 amide bonds. The zero-order chi connectivity index (χ0) is 19.4. The van der Waals surface area contributed by atoms with E-state index in [4.69, 9.17) is 0 Å².